The molecule has 130 valence electrons. The highest BCUT2D eigenvalue weighted by Gasteiger charge is 2.24. The molecule has 0 radical (unpaired) electrons. The summed E-state index contributed by atoms with van der Waals surface area (Å²) in [4.78, 5) is 10.8. The molecule has 2 aromatic heterocycles. The molecule has 0 spiro atoms. The molecule has 0 saturated carbocycles. The Balaban J connectivity index is 1.30. The van der Waals surface area contributed by atoms with Crippen LogP contribution in [0.5, 0.6) is 0 Å². The van der Waals surface area contributed by atoms with Crippen molar-refractivity contribution in [3.05, 3.63) is 29.0 Å². The molecule has 2 aromatic rings. The molecule has 2 saturated heterocycles. The van der Waals surface area contributed by atoms with Gasteiger partial charge in [-0.15, -0.1) is 11.3 Å². The Hall–Kier alpha value is -1.21. The molecular weight excluding hydrogens is 322 g/mol. The molecule has 24 heavy (non-hydrogen) atoms. The smallest absolute Gasteiger partial charge is 0.236 e. The van der Waals surface area contributed by atoms with E-state index in [1.807, 2.05) is 13.0 Å². The third-order valence-electron chi connectivity index (χ3n) is 4.95. The number of oxazole rings is 1. The lowest BCUT2D eigenvalue weighted by atomic mass is 10.2. The molecule has 2 aliphatic heterocycles. The first-order valence-corrected chi connectivity index (χ1v) is 9.72. The van der Waals surface area contributed by atoms with Crippen LogP contribution in [0, 0.1) is 6.92 Å². The van der Waals surface area contributed by atoms with Crippen LogP contribution in [0.15, 0.2) is 21.9 Å². The number of piperazine rings is 1. The van der Waals surface area contributed by atoms with Gasteiger partial charge < -0.3 is 9.15 Å². The minimum Gasteiger partial charge on any atom is -0.440 e. The standard InChI is InChI=1S/C18H25N3O2S/c1-14-16(19-18(23-14)17-5-3-11-24-17)13-21-8-6-20(7-9-21)12-15-4-2-10-22-15/h3,5,11,15H,2,4,6-10,12-13H2,1H3. The van der Waals surface area contributed by atoms with Crippen molar-refractivity contribution in [1.82, 2.24) is 14.8 Å². The summed E-state index contributed by atoms with van der Waals surface area (Å²) in [6, 6.07) is 4.09. The molecule has 1 atom stereocenters. The van der Waals surface area contributed by atoms with Gasteiger partial charge in [0.25, 0.3) is 0 Å². The quantitative estimate of drug-likeness (QED) is 0.832. The van der Waals surface area contributed by atoms with E-state index < -0.39 is 0 Å². The zero-order valence-corrected chi connectivity index (χ0v) is 15.1. The fourth-order valence-corrected chi connectivity index (χ4v) is 4.15. The predicted octanol–water partition coefficient (Wildman–Crippen LogP) is 3.01. The van der Waals surface area contributed by atoms with Gasteiger partial charge in [-0.3, -0.25) is 9.80 Å². The zero-order chi connectivity index (χ0) is 16.4. The first kappa shape index (κ1) is 16.3. The molecule has 0 N–H and O–H groups in total. The first-order valence-electron chi connectivity index (χ1n) is 8.84. The van der Waals surface area contributed by atoms with Gasteiger partial charge in [0.1, 0.15) is 5.76 Å². The summed E-state index contributed by atoms with van der Waals surface area (Å²) in [7, 11) is 0. The van der Waals surface area contributed by atoms with Crippen molar-refractivity contribution in [3.8, 4) is 10.8 Å². The van der Waals surface area contributed by atoms with Crippen LogP contribution in [0.1, 0.15) is 24.3 Å². The molecule has 0 bridgehead atoms. The topological polar surface area (TPSA) is 41.7 Å². The van der Waals surface area contributed by atoms with Crippen molar-refractivity contribution in [2.24, 2.45) is 0 Å². The largest absolute Gasteiger partial charge is 0.440 e. The molecule has 0 amide bonds. The summed E-state index contributed by atoms with van der Waals surface area (Å²) < 4.78 is 11.6. The van der Waals surface area contributed by atoms with Gasteiger partial charge >= 0.3 is 0 Å². The second kappa shape index (κ2) is 7.35. The highest BCUT2D eigenvalue weighted by atomic mass is 32.1. The number of hydrogen-bond donors (Lipinski definition) is 0. The van der Waals surface area contributed by atoms with Crippen molar-refractivity contribution in [2.45, 2.75) is 32.4 Å². The molecule has 0 aromatic carbocycles. The van der Waals surface area contributed by atoms with Crippen LogP contribution >= 0.6 is 11.3 Å². The average Bonchev–Trinajstić information content (AvgIpc) is 3.32. The fraction of sp³-hybridized carbons (Fsp3) is 0.611. The molecule has 2 fully saturated rings. The minimum atomic E-state index is 0.461. The van der Waals surface area contributed by atoms with E-state index >= 15 is 0 Å². The molecule has 1 unspecified atom stereocenters. The van der Waals surface area contributed by atoms with E-state index in [2.05, 4.69) is 21.2 Å². The number of aromatic nitrogens is 1. The molecular formula is C18H25N3O2S. The van der Waals surface area contributed by atoms with E-state index in [9.17, 15) is 0 Å². The molecule has 0 aliphatic carbocycles. The van der Waals surface area contributed by atoms with E-state index in [0.29, 0.717) is 6.10 Å². The van der Waals surface area contributed by atoms with Crippen molar-refractivity contribution < 1.29 is 9.15 Å². The van der Waals surface area contributed by atoms with Crippen LogP contribution in [0.3, 0.4) is 0 Å². The van der Waals surface area contributed by atoms with Gasteiger partial charge in [0.2, 0.25) is 5.89 Å². The van der Waals surface area contributed by atoms with Crippen LogP contribution in [0.4, 0.5) is 0 Å². The van der Waals surface area contributed by atoms with Gasteiger partial charge in [0, 0.05) is 45.9 Å². The zero-order valence-electron chi connectivity index (χ0n) is 14.2. The molecule has 2 aliphatic rings. The summed E-state index contributed by atoms with van der Waals surface area (Å²) in [5.74, 6) is 1.70. The Morgan fingerprint density at radius 2 is 2.08 bits per heavy atom. The van der Waals surface area contributed by atoms with Gasteiger partial charge in [-0.1, -0.05) is 6.07 Å². The third kappa shape index (κ3) is 3.72. The minimum absolute atomic E-state index is 0.461. The van der Waals surface area contributed by atoms with E-state index in [4.69, 9.17) is 14.1 Å². The lowest BCUT2D eigenvalue weighted by Crippen LogP contribution is -2.48. The van der Waals surface area contributed by atoms with Gasteiger partial charge in [-0.2, -0.15) is 0 Å². The van der Waals surface area contributed by atoms with Crippen LogP contribution in [-0.4, -0.2) is 60.2 Å². The normalized spacial score (nSPS) is 23.1. The molecule has 4 heterocycles. The summed E-state index contributed by atoms with van der Waals surface area (Å²) in [5.41, 5.74) is 1.07. The van der Waals surface area contributed by atoms with Crippen LogP contribution in [0.25, 0.3) is 10.8 Å². The van der Waals surface area contributed by atoms with Gasteiger partial charge in [-0.25, -0.2) is 4.98 Å². The predicted molar refractivity (Wildman–Crippen MR) is 95.2 cm³/mol. The second-order valence-corrected chi connectivity index (χ2v) is 7.66. The highest BCUT2D eigenvalue weighted by molar-refractivity contribution is 7.13. The Bertz CT molecular complexity index is 641. The number of nitrogens with zero attached hydrogens (tertiary/aromatic N) is 3. The van der Waals surface area contributed by atoms with Gasteiger partial charge in [-0.05, 0) is 31.2 Å². The number of ether oxygens (including phenoxy) is 1. The Labute approximate surface area is 147 Å². The Morgan fingerprint density at radius 3 is 2.79 bits per heavy atom. The first-order chi connectivity index (χ1) is 11.8. The summed E-state index contributed by atoms with van der Waals surface area (Å²) in [6.07, 6.45) is 2.91. The maximum Gasteiger partial charge on any atom is 0.236 e. The number of aryl methyl sites for hydroxylation is 1. The van der Waals surface area contributed by atoms with Crippen LogP contribution < -0.4 is 0 Å². The molecule has 5 nitrogen and oxygen atoms in total. The lowest BCUT2D eigenvalue weighted by molar-refractivity contribution is 0.0486. The number of thiophene rings is 1. The van der Waals surface area contributed by atoms with E-state index in [1.165, 1.54) is 12.8 Å². The lowest BCUT2D eigenvalue weighted by Gasteiger charge is -2.35. The summed E-state index contributed by atoms with van der Waals surface area (Å²) in [6.45, 7) is 9.37. The molecule has 6 heteroatoms. The van der Waals surface area contributed by atoms with E-state index in [1.54, 1.807) is 11.3 Å². The van der Waals surface area contributed by atoms with Crippen molar-refractivity contribution in [2.75, 3.05) is 39.3 Å². The summed E-state index contributed by atoms with van der Waals surface area (Å²) >= 11 is 1.67. The average molecular weight is 347 g/mol. The van der Waals surface area contributed by atoms with Gasteiger partial charge in [0.15, 0.2) is 0 Å². The SMILES string of the molecule is Cc1oc(-c2cccs2)nc1CN1CCN(CC2CCCO2)CC1. The number of hydrogen-bond acceptors (Lipinski definition) is 6. The maximum atomic E-state index is 5.86. The maximum absolute atomic E-state index is 5.86. The number of rotatable bonds is 5. The van der Waals surface area contributed by atoms with Gasteiger partial charge in [0.05, 0.1) is 16.7 Å². The fourth-order valence-electron chi connectivity index (χ4n) is 3.50. The van der Waals surface area contributed by atoms with Crippen molar-refractivity contribution in [1.29, 1.82) is 0 Å². The second-order valence-electron chi connectivity index (χ2n) is 6.71. The van der Waals surface area contributed by atoms with E-state index in [0.717, 1.165) is 68.1 Å². The Morgan fingerprint density at radius 1 is 1.25 bits per heavy atom. The van der Waals surface area contributed by atoms with Crippen LogP contribution in [0.2, 0.25) is 0 Å². The van der Waals surface area contributed by atoms with E-state index in [-0.39, 0.29) is 0 Å². The van der Waals surface area contributed by atoms with Crippen LogP contribution in [-0.2, 0) is 11.3 Å². The molecule has 4 rings (SSSR count). The third-order valence-corrected chi connectivity index (χ3v) is 5.81. The summed E-state index contributed by atoms with van der Waals surface area (Å²) in [5, 5.41) is 2.06. The van der Waals surface area contributed by atoms with Crippen molar-refractivity contribution >= 4 is 11.3 Å². The van der Waals surface area contributed by atoms with Crippen molar-refractivity contribution in [3.63, 3.8) is 0 Å². The Kier molecular flexibility index (Phi) is 4.98. The highest BCUT2D eigenvalue weighted by Crippen LogP contribution is 2.26. The monoisotopic (exact) mass is 347 g/mol.